The van der Waals surface area contributed by atoms with E-state index in [0.717, 1.165) is 0 Å². The van der Waals surface area contributed by atoms with Crippen LogP contribution < -0.4 is 5.32 Å². The van der Waals surface area contributed by atoms with Gasteiger partial charge in [0.15, 0.2) is 6.29 Å². The molecule has 0 amide bonds. The van der Waals surface area contributed by atoms with Crippen molar-refractivity contribution in [1.29, 1.82) is 0 Å². The number of rotatable bonds is 5. The maximum absolute atomic E-state index is 5.21. The minimum absolute atomic E-state index is 0.0350. The van der Waals surface area contributed by atoms with E-state index in [9.17, 15) is 0 Å². The number of ether oxygens (including phenoxy) is 2. The summed E-state index contributed by atoms with van der Waals surface area (Å²) in [6, 6.07) is 0.124. The van der Waals surface area contributed by atoms with Crippen LogP contribution in [0, 0.1) is 12.3 Å². The van der Waals surface area contributed by atoms with Crippen molar-refractivity contribution in [1.82, 2.24) is 5.32 Å². The first-order valence-electron chi connectivity index (χ1n) is 3.93. The Morgan fingerprint density at radius 3 is 2.08 bits per heavy atom. The summed E-state index contributed by atoms with van der Waals surface area (Å²) in [5.41, 5.74) is 0. The van der Waals surface area contributed by atoms with Crippen molar-refractivity contribution in [2.75, 3.05) is 14.2 Å². The van der Waals surface area contributed by atoms with Gasteiger partial charge in [-0.25, -0.2) is 0 Å². The molecule has 3 nitrogen and oxygen atoms in total. The lowest BCUT2D eigenvalue weighted by molar-refractivity contribution is -0.120. The third kappa shape index (κ3) is 3.72. The van der Waals surface area contributed by atoms with E-state index in [1.165, 1.54) is 0 Å². The summed E-state index contributed by atoms with van der Waals surface area (Å²) in [5, 5.41) is 3.15. The van der Waals surface area contributed by atoms with E-state index in [1.54, 1.807) is 14.2 Å². The molecular formula is C9H17NO2. The van der Waals surface area contributed by atoms with Crippen molar-refractivity contribution in [2.45, 2.75) is 32.2 Å². The van der Waals surface area contributed by atoms with Crippen molar-refractivity contribution < 1.29 is 9.47 Å². The Hall–Kier alpha value is -0.560. The quantitative estimate of drug-likeness (QED) is 0.485. The third-order valence-corrected chi connectivity index (χ3v) is 1.64. The highest BCUT2D eigenvalue weighted by Crippen LogP contribution is 1.99. The van der Waals surface area contributed by atoms with Gasteiger partial charge < -0.3 is 9.47 Å². The van der Waals surface area contributed by atoms with Crippen LogP contribution in [0.25, 0.3) is 0 Å². The SMILES string of the molecule is C#CC(C)NC(C)C(OC)OC. The molecule has 0 aliphatic rings. The monoisotopic (exact) mass is 171 g/mol. The smallest absolute Gasteiger partial charge is 0.171 e. The second-order valence-electron chi connectivity index (χ2n) is 2.68. The van der Waals surface area contributed by atoms with E-state index in [1.807, 2.05) is 13.8 Å². The zero-order valence-corrected chi connectivity index (χ0v) is 8.13. The molecule has 0 aliphatic carbocycles. The highest BCUT2D eigenvalue weighted by atomic mass is 16.7. The zero-order chi connectivity index (χ0) is 9.56. The van der Waals surface area contributed by atoms with Gasteiger partial charge in [0.2, 0.25) is 0 Å². The van der Waals surface area contributed by atoms with Crippen LogP contribution in [-0.2, 0) is 9.47 Å². The van der Waals surface area contributed by atoms with E-state index >= 15 is 0 Å². The summed E-state index contributed by atoms with van der Waals surface area (Å²) < 4.78 is 10.1. The predicted octanol–water partition coefficient (Wildman–Crippen LogP) is 0.605. The summed E-state index contributed by atoms with van der Waals surface area (Å²) in [5.74, 6) is 2.58. The Bertz CT molecular complexity index is 149. The molecule has 0 saturated heterocycles. The fourth-order valence-electron chi connectivity index (χ4n) is 1.03. The maximum atomic E-state index is 5.21. The average Bonchev–Trinajstić information content (AvgIpc) is 2.06. The molecule has 0 aromatic carbocycles. The minimum atomic E-state index is -0.249. The van der Waals surface area contributed by atoms with Gasteiger partial charge in [0, 0.05) is 14.2 Å². The van der Waals surface area contributed by atoms with E-state index in [2.05, 4.69) is 11.2 Å². The molecule has 0 bridgehead atoms. The molecule has 2 unspecified atom stereocenters. The fourth-order valence-corrected chi connectivity index (χ4v) is 1.03. The second-order valence-corrected chi connectivity index (χ2v) is 2.68. The van der Waals surface area contributed by atoms with Gasteiger partial charge in [-0.05, 0) is 13.8 Å². The first-order chi connectivity index (χ1) is 5.65. The lowest BCUT2D eigenvalue weighted by Crippen LogP contribution is -2.43. The Kier molecular flexibility index (Phi) is 5.73. The molecule has 2 atom stereocenters. The molecule has 0 aromatic heterocycles. The largest absolute Gasteiger partial charge is 0.354 e. The molecule has 0 rings (SSSR count). The van der Waals surface area contributed by atoms with Crippen LogP contribution in [0.5, 0.6) is 0 Å². The Balaban J connectivity index is 3.85. The van der Waals surface area contributed by atoms with Crippen molar-refractivity contribution in [3.05, 3.63) is 0 Å². The molecule has 0 saturated carbocycles. The number of methoxy groups -OCH3 is 2. The van der Waals surface area contributed by atoms with Crippen molar-refractivity contribution in [2.24, 2.45) is 0 Å². The van der Waals surface area contributed by atoms with Crippen molar-refractivity contribution >= 4 is 0 Å². The number of nitrogens with one attached hydrogen (secondary N) is 1. The van der Waals surface area contributed by atoms with E-state index in [0.29, 0.717) is 0 Å². The minimum Gasteiger partial charge on any atom is -0.354 e. The number of terminal acetylenes is 1. The molecular weight excluding hydrogens is 154 g/mol. The van der Waals surface area contributed by atoms with E-state index in [4.69, 9.17) is 15.9 Å². The highest BCUT2D eigenvalue weighted by Gasteiger charge is 2.16. The predicted molar refractivity (Wildman–Crippen MR) is 48.7 cm³/mol. The van der Waals surface area contributed by atoms with Crippen LogP contribution in [0.4, 0.5) is 0 Å². The molecule has 0 aliphatic heterocycles. The van der Waals surface area contributed by atoms with Crippen LogP contribution >= 0.6 is 0 Å². The normalized spacial score (nSPS) is 15.7. The third-order valence-electron chi connectivity index (χ3n) is 1.64. The highest BCUT2D eigenvalue weighted by molar-refractivity contribution is 4.96. The first kappa shape index (κ1) is 11.4. The lowest BCUT2D eigenvalue weighted by atomic mass is 10.2. The molecule has 70 valence electrons. The van der Waals surface area contributed by atoms with Crippen molar-refractivity contribution in [3.8, 4) is 12.3 Å². The topological polar surface area (TPSA) is 30.5 Å². The summed E-state index contributed by atoms with van der Waals surface area (Å²) in [7, 11) is 3.21. The molecule has 0 spiro atoms. The van der Waals surface area contributed by atoms with Gasteiger partial charge in [-0.3, -0.25) is 5.32 Å². The lowest BCUT2D eigenvalue weighted by Gasteiger charge is -2.23. The standard InChI is InChI=1S/C9H17NO2/c1-6-7(2)10-8(3)9(11-4)12-5/h1,7-10H,2-5H3. The molecule has 3 heteroatoms. The summed E-state index contributed by atoms with van der Waals surface area (Å²) in [4.78, 5) is 0. The van der Waals surface area contributed by atoms with Gasteiger partial charge >= 0.3 is 0 Å². The Morgan fingerprint density at radius 2 is 1.75 bits per heavy atom. The average molecular weight is 171 g/mol. The molecule has 1 N–H and O–H groups in total. The van der Waals surface area contributed by atoms with Gasteiger partial charge in [-0.1, -0.05) is 5.92 Å². The first-order valence-corrected chi connectivity index (χ1v) is 3.93. The van der Waals surface area contributed by atoms with Crippen molar-refractivity contribution in [3.63, 3.8) is 0 Å². The molecule has 0 aromatic rings. The molecule has 0 heterocycles. The van der Waals surface area contributed by atoms with Gasteiger partial charge in [0.1, 0.15) is 0 Å². The summed E-state index contributed by atoms with van der Waals surface area (Å²) in [6.07, 6.45) is 4.96. The van der Waals surface area contributed by atoms with Gasteiger partial charge in [-0.2, -0.15) is 0 Å². The van der Waals surface area contributed by atoms with Crippen LogP contribution in [0.3, 0.4) is 0 Å². The van der Waals surface area contributed by atoms with Gasteiger partial charge in [-0.15, -0.1) is 6.42 Å². The van der Waals surface area contributed by atoms with Crippen LogP contribution in [-0.4, -0.2) is 32.6 Å². The zero-order valence-electron chi connectivity index (χ0n) is 8.13. The van der Waals surface area contributed by atoms with E-state index in [-0.39, 0.29) is 18.4 Å². The fraction of sp³-hybridized carbons (Fsp3) is 0.778. The molecule has 0 radical (unpaired) electrons. The number of hydrogen-bond acceptors (Lipinski definition) is 3. The molecule has 12 heavy (non-hydrogen) atoms. The molecule has 0 fully saturated rings. The summed E-state index contributed by atoms with van der Waals surface area (Å²) in [6.45, 7) is 3.88. The van der Waals surface area contributed by atoms with E-state index < -0.39 is 0 Å². The van der Waals surface area contributed by atoms with Gasteiger partial charge in [0.25, 0.3) is 0 Å². The van der Waals surface area contributed by atoms with Gasteiger partial charge in [0.05, 0.1) is 12.1 Å². The maximum Gasteiger partial charge on any atom is 0.171 e. The Morgan fingerprint density at radius 1 is 1.25 bits per heavy atom. The van der Waals surface area contributed by atoms with Crippen LogP contribution in [0.2, 0.25) is 0 Å². The van der Waals surface area contributed by atoms with Crippen LogP contribution in [0.1, 0.15) is 13.8 Å². The Labute approximate surface area is 74.4 Å². The summed E-state index contributed by atoms with van der Waals surface area (Å²) >= 11 is 0. The second kappa shape index (κ2) is 6.01. The van der Waals surface area contributed by atoms with Crippen LogP contribution in [0.15, 0.2) is 0 Å². The number of hydrogen-bond donors (Lipinski definition) is 1.